The number of rotatable bonds is 4. The highest BCUT2D eigenvalue weighted by atomic mass is 16.5. The van der Waals surface area contributed by atoms with E-state index in [1.807, 2.05) is 0 Å². The molecule has 0 saturated carbocycles. The van der Waals surface area contributed by atoms with Gasteiger partial charge in [-0.2, -0.15) is 5.10 Å². The Kier molecular flexibility index (Phi) is 4.37. The van der Waals surface area contributed by atoms with E-state index in [1.165, 1.54) is 4.68 Å². The van der Waals surface area contributed by atoms with Crippen LogP contribution < -0.4 is 5.32 Å². The van der Waals surface area contributed by atoms with Crippen LogP contribution in [0.3, 0.4) is 0 Å². The lowest BCUT2D eigenvalue weighted by Crippen LogP contribution is -2.16. The fourth-order valence-corrected chi connectivity index (χ4v) is 1.76. The summed E-state index contributed by atoms with van der Waals surface area (Å²) in [7, 11) is 1.69. The Morgan fingerprint density at radius 1 is 1.19 bits per heavy atom. The normalized spacial score (nSPS) is 10.5. The van der Waals surface area contributed by atoms with Gasteiger partial charge in [0.25, 0.3) is 5.91 Å². The number of nitrogens with zero attached hydrogens (tertiary/aromatic N) is 2. The minimum Gasteiger partial charge on any atom is -0.459 e. The summed E-state index contributed by atoms with van der Waals surface area (Å²) in [5.74, 6) is -0.637. The Labute approximate surface area is 122 Å². The van der Waals surface area contributed by atoms with Crippen LogP contribution in [0.25, 0.3) is 0 Å². The Bertz CT molecular complexity index is 644. The predicted octanol–water partition coefficient (Wildman–Crippen LogP) is 2.24. The van der Waals surface area contributed by atoms with Gasteiger partial charge in [-0.25, -0.2) is 4.79 Å². The lowest BCUT2D eigenvalue weighted by atomic mass is 10.2. The van der Waals surface area contributed by atoms with Crippen LogP contribution in [0.4, 0.5) is 5.69 Å². The first-order valence-electron chi connectivity index (χ1n) is 6.58. The summed E-state index contributed by atoms with van der Waals surface area (Å²) in [6.45, 7) is 3.58. The number of anilines is 1. The number of carbonyl (C=O) groups is 2. The summed E-state index contributed by atoms with van der Waals surface area (Å²) in [6.07, 6.45) is 1.39. The lowest BCUT2D eigenvalue weighted by Gasteiger charge is -2.09. The summed E-state index contributed by atoms with van der Waals surface area (Å²) in [4.78, 5) is 23.7. The number of aryl methyl sites for hydroxylation is 1. The molecule has 1 heterocycles. The number of hydrogen-bond donors (Lipinski definition) is 1. The van der Waals surface area contributed by atoms with E-state index in [-0.39, 0.29) is 18.0 Å². The van der Waals surface area contributed by atoms with Gasteiger partial charge in [0.15, 0.2) is 0 Å². The Hall–Kier alpha value is -2.63. The summed E-state index contributed by atoms with van der Waals surface area (Å²) in [6, 6.07) is 8.17. The van der Waals surface area contributed by atoms with Crippen LogP contribution in [0, 0.1) is 0 Å². The summed E-state index contributed by atoms with van der Waals surface area (Å²) in [5, 5.41) is 6.68. The predicted molar refractivity (Wildman–Crippen MR) is 78.2 cm³/mol. The summed E-state index contributed by atoms with van der Waals surface area (Å²) < 4.78 is 6.58. The van der Waals surface area contributed by atoms with Gasteiger partial charge >= 0.3 is 5.97 Å². The summed E-state index contributed by atoms with van der Waals surface area (Å²) >= 11 is 0. The molecular formula is C15H17N3O3. The molecule has 0 bridgehead atoms. The number of benzene rings is 1. The van der Waals surface area contributed by atoms with E-state index >= 15 is 0 Å². The minimum atomic E-state index is -0.380. The van der Waals surface area contributed by atoms with Crippen LogP contribution in [-0.4, -0.2) is 27.8 Å². The average molecular weight is 287 g/mol. The molecule has 6 heteroatoms. The van der Waals surface area contributed by atoms with Gasteiger partial charge in [-0.1, -0.05) is 0 Å². The van der Waals surface area contributed by atoms with E-state index in [0.717, 1.165) is 0 Å². The highest BCUT2D eigenvalue weighted by Gasteiger charge is 2.12. The van der Waals surface area contributed by atoms with Crippen LogP contribution in [0.1, 0.15) is 34.7 Å². The quantitative estimate of drug-likeness (QED) is 0.875. The van der Waals surface area contributed by atoms with Crippen molar-refractivity contribution in [1.29, 1.82) is 0 Å². The van der Waals surface area contributed by atoms with E-state index < -0.39 is 0 Å². The average Bonchev–Trinajstić information content (AvgIpc) is 2.85. The first-order chi connectivity index (χ1) is 9.97. The molecule has 0 aliphatic rings. The molecule has 0 aliphatic carbocycles. The minimum absolute atomic E-state index is 0.165. The Morgan fingerprint density at radius 2 is 1.86 bits per heavy atom. The van der Waals surface area contributed by atoms with Crippen molar-refractivity contribution in [3.63, 3.8) is 0 Å². The number of hydrogen-bond acceptors (Lipinski definition) is 4. The molecule has 0 saturated heterocycles. The molecule has 0 spiro atoms. The molecule has 1 N–H and O–H groups in total. The van der Waals surface area contributed by atoms with Crippen molar-refractivity contribution in [3.05, 3.63) is 47.8 Å². The largest absolute Gasteiger partial charge is 0.459 e. The summed E-state index contributed by atoms with van der Waals surface area (Å²) in [5.41, 5.74) is 1.50. The zero-order valence-electron chi connectivity index (χ0n) is 12.2. The van der Waals surface area contributed by atoms with Crippen molar-refractivity contribution in [1.82, 2.24) is 9.78 Å². The second kappa shape index (κ2) is 6.21. The van der Waals surface area contributed by atoms with Crippen LogP contribution >= 0.6 is 0 Å². The highest BCUT2D eigenvalue weighted by Crippen LogP contribution is 2.12. The van der Waals surface area contributed by atoms with Crippen molar-refractivity contribution < 1.29 is 14.3 Å². The number of aromatic nitrogens is 2. The SMILES string of the molecule is CC(C)OC(=O)c1ccc(NC(=O)c2ccnn2C)cc1. The van der Waals surface area contributed by atoms with Gasteiger partial charge in [0.2, 0.25) is 0 Å². The van der Waals surface area contributed by atoms with Crippen LogP contribution in [0.2, 0.25) is 0 Å². The Morgan fingerprint density at radius 3 is 2.38 bits per heavy atom. The van der Waals surface area contributed by atoms with Crippen LogP contribution in [0.5, 0.6) is 0 Å². The first-order valence-corrected chi connectivity index (χ1v) is 6.58. The second-order valence-corrected chi connectivity index (χ2v) is 4.83. The van der Waals surface area contributed by atoms with Crippen molar-refractivity contribution in [2.24, 2.45) is 7.05 Å². The number of nitrogens with one attached hydrogen (secondary N) is 1. The van der Waals surface area contributed by atoms with E-state index in [9.17, 15) is 9.59 Å². The molecule has 0 aliphatic heterocycles. The van der Waals surface area contributed by atoms with Gasteiger partial charge in [0.1, 0.15) is 5.69 Å². The van der Waals surface area contributed by atoms with Crippen molar-refractivity contribution in [2.45, 2.75) is 20.0 Å². The first kappa shape index (κ1) is 14.8. The van der Waals surface area contributed by atoms with Crippen molar-refractivity contribution >= 4 is 17.6 Å². The smallest absolute Gasteiger partial charge is 0.338 e. The fraction of sp³-hybridized carbons (Fsp3) is 0.267. The second-order valence-electron chi connectivity index (χ2n) is 4.83. The molecule has 2 aromatic rings. The maximum Gasteiger partial charge on any atom is 0.338 e. The topological polar surface area (TPSA) is 73.2 Å². The molecule has 1 aromatic heterocycles. The van der Waals surface area contributed by atoms with Crippen LogP contribution in [-0.2, 0) is 11.8 Å². The van der Waals surface area contributed by atoms with Gasteiger partial charge in [0.05, 0.1) is 11.7 Å². The molecule has 21 heavy (non-hydrogen) atoms. The van der Waals surface area contributed by atoms with E-state index in [0.29, 0.717) is 16.9 Å². The van der Waals surface area contributed by atoms with Gasteiger partial charge < -0.3 is 10.1 Å². The molecule has 6 nitrogen and oxygen atoms in total. The van der Waals surface area contributed by atoms with Crippen LogP contribution in [0.15, 0.2) is 36.5 Å². The molecule has 2 rings (SSSR count). The molecule has 1 aromatic carbocycles. The van der Waals surface area contributed by atoms with E-state index in [4.69, 9.17) is 4.74 Å². The number of esters is 1. The Balaban J connectivity index is 2.04. The number of carbonyl (C=O) groups excluding carboxylic acids is 2. The third-order valence-electron chi connectivity index (χ3n) is 2.77. The zero-order chi connectivity index (χ0) is 15.4. The monoisotopic (exact) mass is 287 g/mol. The molecule has 110 valence electrons. The lowest BCUT2D eigenvalue weighted by molar-refractivity contribution is 0.0378. The molecule has 0 fully saturated rings. The third kappa shape index (κ3) is 3.68. The third-order valence-corrected chi connectivity index (χ3v) is 2.77. The van der Waals surface area contributed by atoms with Gasteiger partial charge in [-0.3, -0.25) is 9.48 Å². The molecule has 1 amide bonds. The maximum atomic E-state index is 12.0. The van der Waals surface area contributed by atoms with E-state index in [2.05, 4.69) is 10.4 Å². The standard InChI is InChI=1S/C15H17N3O3/c1-10(2)21-15(20)11-4-6-12(7-5-11)17-14(19)13-8-9-16-18(13)3/h4-10H,1-3H3,(H,17,19). The highest BCUT2D eigenvalue weighted by molar-refractivity contribution is 6.03. The van der Waals surface area contributed by atoms with Crippen molar-refractivity contribution in [3.8, 4) is 0 Å². The van der Waals surface area contributed by atoms with E-state index in [1.54, 1.807) is 57.4 Å². The molecule has 0 radical (unpaired) electrons. The molecular weight excluding hydrogens is 270 g/mol. The van der Waals surface area contributed by atoms with Crippen molar-refractivity contribution in [2.75, 3.05) is 5.32 Å². The van der Waals surface area contributed by atoms with Gasteiger partial charge in [-0.05, 0) is 44.2 Å². The zero-order valence-corrected chi connectivity index (χ0v) is 12.2. The number of ether oxygens (including phenoxy) is 1. The maximum absolute atomic E-state index is 12.0. The fourth-order valence-electron chi connectivity index (χ4n) is 1.76. The molecule has 0 atom stereocenters. The molecule has 0 unspecified atom stereocenters. The van der Waals surface area contributed by atoms with Gasteiger partial charge in [0, 0.05) is 18.9 Å². The van der Waals surface area contributed by atoms with Gasteiger partial charge in [-0.15, -0.1) is 0 Å². The number of amides is 1.